The molecule has 1 heterocycles. The van der Waals surface area contributed by atoms with Crippen LogP contribution in [-0.4, -0.2) is 47.0 Å². The number of alkyl halides is 3. The van der Waals surface area contributed by atoms with Crippen LogP contribution in [0.15, 0.2) is 75.4 Å². The maximum absolute atomic E-state index is 13.1. The van der Waals surface area contributed by atoms with Crippen LogP contribution in [0, 0.1) is 0 Å². The van der Waals surface area contributed by atoms with Crippen molar-refractivity contribution in [3.05, 3.63) is 76.8 Å². The van der Waals surface area contributed by atoms with E-state index in [-0.39, 0.29) is 32.6 Å². The largest absolute Gasteiger partial charge is 0.417 e. The first-order valence-electron chi connectivity index (χ1n) is 12.2. The number of nitrogens with zero attached hydrogens (tertiary/aromatic N) is 1. The van der Waals surface area contributed by atoms with E-state index < -0.39 is 36.8 Å². The van der Waals surface area contributed by atoms with Crippen molar-refractivity contribution >= 4 is 60.7 Å². The van der Waals surface area contributed by atoms with E-state index in [4.69, 9.17) is 11.6 Å². The smallest absolute Gasteiger partial charge is 0.339 e. The van der Waals surface area contributed by atoms with Gasteiger partial charge < -0.3 is 4.90 Å². The van der Waals surface area contributed by atoms with Gasteiger partial charge in [-0.1, -0.05) is 11.6 Å². The van der Waals surface area contributed by atoms with Crippen molar-refractivity contribution in [1.29, 1.82) is 0 Å². The molecule has 1 fully saturated rings. The third kappa shape index (κ3) is 7.29. The van der Waals surface area contributed by atoms with Crippen molar-refractivity contribution in [3.63, 3.8) is 0 Å². The van der Waals surface area contributed by atoms with Gasteiger partial charge in [-0.05, 0) is 86.2 Å². The molecule has 3 aromatic rings. The van der Waals surface area contributed by atoms with Crippen LogP contribution in [0.4, 0.5) is 24.5 Å². The second kappa shape index (κ2) is 12.1. The Morgan fingerprint density at radius 2 is 1.39 bits per heavy atom. The number of carbonyl (C=O) groups excluding carboxylic acids is 1. The number of anilines is 2. The first-order valence-corrected chi connectivity index (χ1v) is 16.8. The minimum Gasteiger partial charge on any atom is -0.339 e. The minimum atomic E-state index is -4.78. The van der Waals surface area contributed by atoms with E-state index in [1.54, 1.807) is 17.2 Å². The SMILES string of the molecule is CSc1ccc(S(=O)(=O)Nc2ccc(S(=O)(=O)Nc3ccc(Cl)c(C(F)(F)F)c3)cc2)cc1C(=O)N1CCCCC1. The molecule has 1 saturated heterocycles. The van der Waals surface area contributed by atoms with E-state index in [0.717, 1.165) is 43.5 Å². The Labute approximate surface area is 245 Å². The first kappa shape index (κ1) is 31.0. The van der Waals surface area contributed by atoms with E-state index in [2.05, 4.69) is 9.44 Å². The maximum atomic E-state index is 13.1. The number of likely N-dealkylation sites (tertiary alicyclic amines) is 1. The molecule has 1 aliphatic heterocycles. The van der Waals surface area contributed by atoms with Gasteiger partial charge in [-0.2, -0.15) is 13.2 Å². The van der Waals surface area contributed by atoms with Crippen LogP contribution in [0.5, 0.6) is 0 Å². The summed E-state index contributed by atoms with van der Waals surface area (Å²) in [5.74, 6) is -0.240. The summed E-state index contributed by atoms with van der Waals surface area (Å²) in [6.45, 7) is 1.21. The third-order valence-electron chi connectivity index (χ3n) is 6.30. The molecule has 8 nitrogen and oxygen atoms in total. The Hall–Kier alpha value is -2.94. The standard InChI is InChI=1S/C26H25ClF3N3O5S3/c1-39-24-12-10-20(16-21(24)25(34)33-13-3-2-4-14-33)41(37,38)31-17-5-8-19(9-6-17)40(35,36)32-18-7-11-23(27)22(15-18)26(28,29)30/h5-12,15-16,31-32H,2-4,13-14H2,1H3. The Kier molecular flexibility index (Phi) is 9.16. The number of amides is 1. The average Bonchev–Trinajstić information content (AvgIpc) is 2.93. The lowest BCUT2D eigenvalue weighted by Crippen LogP contribution is -2.36. The Balaban J connectivity index is 1.53. The van der Waals surface area contributed by atoms with Gasteiger partial charge in [0.05, 0.1) is 25.9 Å². The molecule has 0 spiro atoms. The van der Waals surface area contributed by atoms with Gasteiger partial charge in [0.1, 0.15) is 0 Å². The molecule has 15 heteroatoms. The molecule has 0 radical (unpaired) electrons. The van der Waals surface area contributed by atoms with Gasteiger partial charge in [-0.15, -0.1) is 11.8 Å². The molecule has 0 aromatic heterocycles. The molecule has 1 aliphatic rings. The summed E-state index contributed by atoms with van der Waals surface area (Å²) in [5.41, 5.74) is -1.23. The van der Waals surface area contributed by atoms with Crippen LogP contribution in [0.3, 0.4) is 0 Å². The second-order valence-electron chi connectivity index (χ2n) is 9.14. The fraction of sp³-hybridized carbons (Fsp3) is 0.269. The predicted molar refractivity (Wildman–Crippen MR) is 152 cm³/mol. The number of hydrogen-bond donors (Lipinski definition) is 2. The number of rotatable bonds is 8. The number of sulfonamides is 2. The van der Waals surface area contributed by atoms with Gasteiger partial charge >= 0.3 is 6.18 Å². The Morgan fingerprint density at radius 3 is 2.00 bits per heavy atom. The van der Waals surface area contributed by atoms with Gasteiger partial charge in [0.2, 0.25) is 0 Å². The lowest BCUT2D eigenvalue weighted by Gasteiger charge is -2.27. The zero-order valence-corrected chi connectivity index (χ0v) is 24.7. The monoisotopic (exact) mass is 647 g/mol. The molecular formula is C26H25ClF3N3O5S3. The number of thioether (sulfide) groups is 1. The van der Waals surface area contributed by atoms with Gasteiger partial charge in [0.15, 0.2) is 0 Å². The highest BCUT2D eigenvalue weighted by Gasteiger charge is 2.33. The number of halogens is 4. The highest BCUT2D eigenvalue weighted by molar-refractivity contribution is 7.98. The number of hydrogen-bond acceptors (Lipinski definition) is 6. The van der Waals surface area contributed by atoms with Gasteiger partial charge in [-0.25, -0.2) is 16.8 Å². The molecule has 3 aromatic carbocycles. The van der Waals surface area contributed by atoms with E-state index in [1.165, 1.54) is 36.0 Å². The number of nitrogens with one attached hydrogen (secondary N) is 2. The minimum absolute atomic E-state index is 0.0349. The molecular weight excluding hydrogens is 623 g/mol. The highest BCUT2D eigenvalue weighted by Crippen LogP contribution is 2.36. The predicted octanol–water partition coefficient (Wildman–Crippen LogP) is 6.31. The average molecular weight is 648 g/mol. The van der Waals surface area contributed by atoms with E-state index in [9.17, 15) is 34.8 Å². The van der Waals surface area contributed by atoms with Crippen LogP contribution in [0.25, 0.3) is 0 Å². The lowest BCUT2D eigenvalue weighted by atomic mass is 10.1. The van der Waals surface area contributed by atoms with Crippen LogP contribution < -0.4 is 9.44 Å². The summed E-state index contributed by atoms with van der Waals surface area (Å²) in [6, 6.07) is 11.5. The number of benzene rings is 3. The van der Waals surface area contributed by atoms with Crippen molar-refractivity contribution in [2.24, 2.45) is 0 Å². The van der Waals surface area contributed by atoms with Gasteiger partial charge in [0.25, 0.3) is 26.0 Å². The lowest BCUT2D eigenvalue weighted by molar-refractivity contribution is -0.137. The maximum Gasteiger partial charge on any atom is 0.417 e. The van der Waals surface area contributed by atoms with Crippen LogP contribution in [0.2, 0.25) is 5.02 Å². The normalized spacial score (nSPS) is 14.5. The van der Waals surface area contributed by atoms with Crippen LogP contribution in [-0.2, 0) is 26.2 Å². The van der Waals surface area contributed by atoms with Crippen molar-refractivity contribution in [1.82, 2.24) is 4.90 Å². The molecule has 4 rings (SSSR count). The molecule has 0 atom stereocenters. The van der Waals surface area contributed by atoms with Crippen molar-refractivity contribution in [2.75, 3.05) is 28.8 Å². The van der Waals surface area contributed by atoms with E-state index >= 15 is 0 Å². The van der Waals surface area contributed by atoms with Gasteiger partial charge in [0, 0.05) is 29.4 Å². The molecule has 0 aliphatic carbocycles. The molecule has 41 heavy (non-hydrogen) atoms. The van der Waals surface area contributed by atoms with E-state index in [0.29, 0.717) is 24.1 Å². The number of piperidine rings is 1. The Bertz CT molecular complexity index is 1660. The quantitative estimate of drug-likeness (QED) is 0.277. The molecule has 0 unspecified atom stereocenters. The summed E-state index contributed by atoms with van der Waals surface area (Å²) in [5, 5.41) is -0.580. The molecule has 2 N–H and O–H groups in total. The fourth-order valence-electron chi connectivity index (χ4n) is 4.23. The fourth-order valence-corrected chi connectivity index (χ4v) is 7.15. The van der Waals surface area contributed by atoms with Crippen molar-refractivity contribution in [3.8, 4) is 0 Å². The van der Waals surface area contributed by atoms with Gasteiger partial charge in [-0.3, -0.25) is 14.2 Å². The van der Waals surface area contributed by atoms with Crippen LogP contribution >= 0.6 is 23.4 Å². The Morgan fingerprint density at radius 1 is 0.829 bits per heavy atom. The summed E-state index contributed by atoms with van der Waals surface area (Å²) in [4.78, 5) is 15.0. The van der Waals surface area contributed by atoms with Crippen LogP contribution in [0.1, 0.15) is 35.2 Å². The molecule has 0 saturated carbocycles. The summed E-state index contributed by atoms with van der Waals surface area (Å²) in [7, 11) is -8.48. The van der Waals surface area contributed by atoms with Crippen molar-refractivity contribution in [2.45, 2.75) is 40.1 Å². The van der Waals surface area contributed by atoms with E-state index in [1.807, 2.05) is 0 Å². The summed E-state index contributed by atoms with van der Waals surface area (Å²) < 4.78 is 95.6. The second-order valence-corrected chi connectivity index (χ2v) is 13.8. The molecule has 1 amide bonds. The molecule has 220 valence electrons. The van der Waals surface area contributed by atoms with Crippen molar-refractivity contribution < 1.29 is 34.8 Å². The topological polar surface area (TPSA) is 113 Å². The zero-order chi connectivity index (χ0) is 30.0. The number of carbonyl (C=O) groups is 1. The summed E-state index contributed by atoms with van der Waals surface area (Å²) >= 11 is 6.92. The summed E-state index contributed by atoms with van der Waals surface area (Å²) in [6.07, 6.45) is -0.186. The first-order chi connectivity index (χ1) is 19.2. The highest BCUT2D eigenvalue weighted by atomic mass is 35.5. The molecule has 0 bridgehead atoms. The zero-order valence-electron chi connectivity index (χ0n) is 21.5. The third-order valence-corrected chi connectivity index (χ3v) is 10.2.